The van der Waals surface area contributed by atoms with Gasteiger partial charge in [-0.15, -0.1) is 45.9 Å². The second kappa shape index (κ2) is 32.8. The number of aryl methyl sites for hydroxylation is 4. The molecule has 2 aliphatic carbocycles. The van der Waals surface area contributed by atoms with Crippen LogP contribution in [0.4, 0.5) is 0 Å². The third kappa shape index (κ3) is 20.2. The lowest BCUT2D eigenvalue weighted by atomic mass is 9.85. The second-order valence-electron chi connectivity index (χ2n) is 20.5. The van der Waals surface area contributed by atoms with Gasteiger partial charge in [0.2, 0.25) is 0 Å². The molecule has 0 bridgehead atoms. The van der Waals surface area contributed by atoms with Crippen molar-refractivity contribution in [3.05, 3.63) is 111 Å². The number of aliphatic hydroxyl groups excluding tert-OH is 10. The van der Waals surface area contributed by atoms with Crippen molar-refractivity contribution in [3.8, 4) is 0 Å². The van der Waals surface area contributed by atoms with Gasteiger partial charge < -0.3 is 60.5 Å². The van der Waals surface area contributed by atoms with E-state index in [9.17, 15) is 60.7 Å². The van der Waals surface area contributed by atoms with Crippen molar-refractivity contribution < 1.29 is 70.1 Å². The fourth-order valence-electron chi connectivity index (χ4n) is 10.4. The zero-order valence-corrected chi connectivity index (χ0v) is 49.7. The topological polar surface area (TPSA) is 255 Å². The normalized spacial score (nSPS) is 24.3. The van der Waals surface area contributed by atoms with E-state index in [-0.39, 0.29) is 47.3 Å². The van der Waals surface area contributed by atoms with Crippen molar-refractivity contribution in [1.29, 1.82) is 0 Å². The molecule has 2 saturated carbocycles. The number of carbonyl (C=O) groups is 2. The smallest absolute Gasteiger partial charge is 0.348 e. The summed E-state index contributed by atoms with van der Waals surface area (Å²) in [6.45, 7) is 2.24. The Bertz CT molecular complexity index is 2260. The van der Waals surface area contributed by atoms with Gasteiger partial charge in [0.25, 0.3) is 0 Å². The number of esters is 2. The molecule has 16 atom stereocenters. The van der Waals surface area contributed by atoms with Crippen LogP contribution in [0, 0.1) is 23.7 Å². The van der Waals surface area contributed by atoms with E-state index >= 15 is 0 Å². The van der Waals surface area contributed by atoms with Crippen LogP contribution in [-0.2, 0) is 35.2 Å². The Labute approximate surface area is 494 Å². The summed E-state index contributed by atoms with van der Waals surface area (Å²) in [5.74, 6) is -0.755. The van der Waals surface area contributed by atoms with Crippen molar-refractivity contribution in [3.63, 3.8) is 0 Å². The third-order valence-electron chi connectivity index (χ3n) is 14.9. The lowest BCUT2D eigenvalue weighted by molar-refractivity contribution is -0.116. The van der Waals surface area contributed by atoms with Gasteiger partial charge in [0.05, 0.1) is 24.4 Å². The number of alkyl halides is 2. The fourth-order valence-corrected chi connectivity index (χ4v) is 14.4. The van der Waals surface area contributed by atoms with Crippen LogP contribution in [0.3, 0.4) is 0 Å². The van der Waals surface area contributed by atoms with Crippen molar-refractivity contribution in [2.45, 2.75) is 176 Å². The molecule has 0 aliphatic heterocycles. The molecular formula is C56H74Cl6O14S2. The fraction of sp³-hybridized carbons (Fsp3) is 0.607. The largest absolute Gasteiger partial charge is 0.459 e. The van der Waals surface area contributed by atoms with Crippen LogP contribution in [0.5, 0.6) is 0 Å². The van der Waals surface area contributed by atoms with E-state index in [4.69, 9.17) is 79.1 Å². The summed E-state index contributed by atoms with van der Waals surface area (Å²) >= 11 is 40.3. The van der Waals surface area contributed by atoms with Crippen LogP contribution in [0.1, 0.15) is 118 Å². The van der Waals surface area contributed by atoms with Crippen LogP contribution < -0.4 is 0 Å². The van der Waals surface area contributed by atoms with Crippen LogP contribution in [-0.4, -0.2) is 148 Å². The standard InChI is InChI=1S/2C28H37Cl3O7S/c2*1-2-22(32)26(35)27(36)24(34)14-38-28(37)25-9-7-18(39-25)4-3-5-19-20(23(33)13-21(19)31)8-6-15-10-16(29)12-17(30)11-15/h2*7,9-12,19-24,26-27,32-36H,2-6,8,13-14H2,1H3/t19-,20-,21-,22+,23-,24+,26-,27-;19-,20-,21-,22-,23-,24+,26-,27-/m11/s1. The molecule has 2 aliphatic rings. The van der Waals surface area contributed by atoms with Crippen LogP contribution in [0.25, 0.3) is 0 Å². The minimum absolute atomic E-state index is 0.0814. The summed E-state index contributed by atoms with van der Waals surface area (Å²) in [5, 5.41) is 102. The molecule has 436 valence electrons. The van der Waals surface area contributed by atoms with E-state index in [2.05, 4.69) is 0 Å². The zero-order valence-electron chi connectivity index (χ0n) is 43.5. The Hall–Kier alpha value is -1.88. The van der Waals surface area contributed by atoms with Crippen LogP contribution in [0.2, 0.25) is 20.1 Å². The van der Waals surface area contributed by atoms with Gasteiger partial charge in [-0.05, 0) is 185 Å². The first-order valence-corrected chi connectivity index (χ1v) is 30.5. The molecule has 2 aromatic carbocycles. The Kier molecular flexibility index (Phi) is 28.2. The highest BCUT2D eigenvalue weighted by molar-refractivity contribution is 7.14. The molecule has 2 heterocycles. The van der Waals surface area contributed by atoms with Crippen LogP contribution in [0.15, 0.2) is 60.7 Å². The molecule has 14 nitrogen and oxygen atoms in total. The molecule has 0 amide bonds. The highest BCUT2D eigenvalue weighted by atomic mass is 35.5. The van der Waals surface area contributed by atoms with Crippen molar-refractivity contribution in [1.82, 2.24) is 0 Å². The number of carbonyl (C=O) groups excluding carboxylic acids is 2. The first-order chi connectivity index (χ1) is 37.0. The lowest BCUT2D eigenvalue weighted by Gasteiger charge is -2.25. The molecule has 10 N–H and O–H groups in total. The predicted molar refractivity (Wildman–Crippen MR) is 308 cm³/mol. The van der Waals surface area contributed by atoms with E-state index in [1.54, 1.807) is 38.1 Å². The minimum Gasteiger partial charge on any atom is -0.459 e. The lowest BCUT2D eigenvalue weighted by Crippen LogP contribution is -2.46. The number of hydrogen-bond donors (Lipinski definition) is 10. The summed E-state index contributed by atoms with van der Waals surface area (Å²) in [4.78, 5) is 27.5. The SMILES string of the molecule is CC[C@@H](O)[C@@H](O)[C@H](O)[C@@H](O)COC(=O)c1ccc(CCC[C@@H]2[C@@H](CCc3cc(Cl)cc(Cl)c3)[C@H](O)C[C@H]2Cl)s1.CC[C@H](O)[C@@H](O)[C@H](O)[C@@H](O)COC(=O)c1ccc(CCC[C@@H]2[C@@H](CCc3cc(Cl)cc(Cl)c3)[C@H](O)C[C@H]2Cl)s1. The highest BCUT2D eigenvalue weighted by Crippen LogP contribution is 2.43. The Morgan fingerprint density at radius 2 is 0.833 bits per heavy atom. The number of halogens is 6. The minimum atomic E-state index is -1.64. The van der Waals surface area contributed by atoms with E-state index in [1.807, 2.05) is 36.4 Å². The average molecular weight is 1250 g/mol. The average Bonchev–Trinajstić information content (AvgIpc) is 4.21. The van der Waals surface area contributed by atoms with E-state index in [0.29, 0.717) is 42.7 Å². The Morgan fingerprint density at radius 3 is 1.17 bits per heavy atom. The Morgan fingerprint density at radius 1 is 0.500 bits per heavy atom. The van der Waals surface area contributed by atoms with E-state index in [1.165, 1.54) is 22.7 Å². The van der Waals surface area contributed by atoms with E-state index < -0.39 is 86.2 Å². The number of ether oxygens (including phenoxy) is 2. The summed E-state index contributed by atoms with van der Waals surface area (Å²) in [5.41, 5.74) is 2.07. The molecule has 2 fully saturated rings. The molecule has 6 rings (SSSR count). The molecule has 0 saturated heterocycles. The summed E-state index contributed by atoms with van der Waals surface area (Å²) in [6, 6.07) is 18.0. The van der Waals surface area contributed by atoms with Gasteiger partial charge in [0.1, 0.15) is 59.6 Å². The molecule has 0 radical (unpaired) electrons. The third-order valence-corrected chi connectivity index (χ3v) is 19.0. The molecule has 4 aromatic rings. The van der Waals surface area contributed by atoms with Crippen molar-refractivity contribution >= 4 is 104 Å². The van der Waals surface area contributed by atoms with Gasteiger partial charge >= 0.3 is 11.9 Å². The molecule has 22 heteroatoms. The number of aliphatic hydroxyl groups is 10. The second-order valence-corrected chi connectivity index (χ2v) is 25.7. The highest BCUT2D eigenvalue weighted by Gasteiger charge is 2.42. The van der Waals surface area contributed by atoms with Crippen molar-refractivity contribution in [2.24, 2.45) is 23.7 Å². The summed E-state index contributed by atoms with van der Waals surface area (Å²) < 4.78 is 10.2. The Balaban J connectivity index is 0.000000287. The van der Waals surface area contributed by atoms with Gasteiger partial charge in [-0.3, -0.25) is 0 Å². The monoisotopic (exact) mass is 1240 g/mol. The summed E-state index contributed by atoms with van der Waals surface area (Å²) in [6.07, 6.45) is -3.21. The van der Waals surface area contributed by atoms with Crippen molar-refractivity contribution in [2.75, 3.05) is 13.2 Å². The number of benzene rings is 2. The van der Waals surface area contributed by atoms with Gasteiger partial charge in [-0.25, -0.2) is 9.59 Å². The maximum atomic E-state index is 12.4. The van der Waals surface area contributed by atoms with E-state index in [0.717, 1.165) is 85.1 Å². The number of rotatable bonds is 28. The predicted octanol–water partition coefficient (Wildman–Crippen LogP) is 9.25. The van der Waals surface area contributed by atoms with Gasteiger partial charge in [0, 0.05) is 40.6 Å². The zero-order chi connectivity index (χ0) is 57.4. The molecule has 2 aromatic heterocycles. The summed E-state index contributed by atoms with van der Waals surface area (Å²) in [7, 11) is 0. The van der Waals surface area contributed by atoms with Gasteiger partial charge in [-0.1, -0.05) is 60.3 Å². The maximum Gasteiger partial charge on any atom is 0.348 e. The van der Waals surface area contributed by atoms with Crippen LogP contribution >= 0.6 is 92.3 Å². The number of hydrogen-bond acceptors (Lipinski definition) is 16. The first-order valence-electron chi connectivity index (χ1n) is 26.5. The molecule has 78 heavy (non-hydrogen) atoms. The maximum absolute atomic E-state index is 12.4. The molecular weight excluding hydrogens is 1170 g/mol. The van der Waals surface area contributed by atoms with Gasteiger partial charge in [-0.2, -0.15) is 0 Å². The first kappa shape index (κ1) is 66.9. The number of thiophene rings is 2. The van der Waals surface area contributed by atoms with Gasteiger partial charge in [0.15, 0.2) is 0 Å². The molecule has 0 spiro atoms. The molecule has 0 unspecified atom stereocenters. The quantitative estimate of drug-likeness (QED) is 0.0188.